The molecule has 0 radical (unpaired) electrons. The SMILES string of the molecule is Nc1ccc(F)cc1SCc1coc(-c2ccccc2)n1. The predicted octanol–water partition coefficient (Wildman–Crippen LogP) is 4.36. The van der Waals surface area contributed by atoms with Gasteiger partial charge in [-0.05, 0) is 30.3 Å². The van der Waals surface area contributed by atoms with Crippen LogP contribution in [0.2, 0.25) is 0 Å². The summed E-state index contributed by atoms with van der Waals surface area (Å²) in [5.41, 5.74) is 8.11. The molecule has 3 aromatic rings. The molecule has 0 unspecified atom stereocenters. The first-order valence-corrected chi connectivity index (χ1v) is 7.38. The molecular formula is C16H13FN2OS. The van der Waals surface area contributed by atoms with Gasteiger partial charge < -0.3 is 10.2 Å². The maximum Gasteiger partial charge on any atom is 0.226 e. The quantitative estimate of drug-likeness (QED) is 0.574. The lowest BCUT2D eigenvalue weighted by Crippen LogP contribution is -1.90. The molecule has 1 heterocycles. The molecule has 3 rings (SSSR count). The Kier molecular flexibility index (Phi) is 3.92. The van der Waals surface area contributed by atoms with Gasteiger partial charge in [0.2, 0.25) is 5.89 Å². The van der Waals surface area contributed by atoms with Gasteiger partial charge in [-0.1, -0.05) is 18.2 Å². The molecular weight excluding hydrogens is 287 g/mol. The molecule has 0 aliphatic carbocycles. The van der Waals surface area contributed by atoms with Crippen LogP contribution in [0.4, 0.5) is 10.1 Å². The summed E-state index contributed by atoms with van der Waals surface area (Å²) >= 11 is 1.44. The molecule has 0 saturated carbocycles. The largest absolute Gasteiger partial charge is 0.444 e. The van der Waals surface area contributed by atoms with E-state index in [0.717, 1.165) is 11.3 Å². The summed E-state index contributed by atoms with van der Waals surface area (Å²) in [5.74, 6) is 0.861. The second-order valence-electron chi connectivity index (χ2n) is 4.48. The molecule has 0 atom stereocenters. The van der Waals surface area contributed by atoms with Crippen LogP contribution in [0.15, 0.2) is 64.1 Å². The highest BCUT2D eigenvalue weighted by Crippen LogP contribution is 2.29. The number of benzene rings is 2. The Morgan fingerprint density at radius 1 is 1.14 bits per heavy atom. The van der Waals surface area contributed by atoms with Crippen molar-refractivity contribution in [1.82, 2.24) is 4.98 Å². The number of oxazole rings is 1. The highest BCUT2D eigenvalue weighted by atomic mass is 32.2. The van der Waals surface area contributed by atoms with Crippen LogP contribution in [0, 0.1) is 5.82 Å². The second kappa shape index (κ2) is 6.01. The third kappa shape index (κ3) is 3.25. The predicted molar refractivity (Wildman–Crippen MR) is 82.3 cm³/mol. The molecule has 21 heavy (non-hydrogen) atoms. The number of nitrogens with zero attached hydrogens (tertiary/aromatic N) is 1. The van der Waals surface area contributed by atoms with E-state index in [2.05, 4.69) is 4.98 Å². The molecule has 5 heteroatoms. The fraction of sp³-hybridized carbons (Fsp3) is 0.0625. The van der Waals surface area contributed by atoms with Crippen molar-refractivity contribution in [2.45, 2.75) is 10.6 Å². The van der Waals surface area contributed by atoms with Gasteiger partial charge in [0, 0.05) is 21.9 Å². The van der Waals surface area contributed by atoms with E-state index in [1.807, 2.05) is 30.3 Å². The zero-order valence-corrected chi connectivity index (χ0v) is 11.9. The average molecular weight is 300 g/mol. The van der Waals surface area contributed by atoms with Crippen molar-refractivity contribution < 1.29 is 8.81 Å². The van der Waals surface area contributed by atoms with E-state index in [1.165, 1.54) is 23.9 Å². The van der Waals surface area contributed by atoms with Crippen LogP contribution in [0.5, 0.6) is 0 Å². The zero-order valence-electron chi connectivity index (χ0n) is 11.1. The van der Waals surface area contributed by atoms with Gasteiger partial charge in [-0.15, -0.1) is 11.8 Å². The molecule has 0 aliphatic heterocycles. The number of hydrogen-bond donors (Lipinski definition) is 1. The summed E-state index contributed by atoms with van der Waals surface area (Å²) in [7, 11) is 0. The van der Waals surface area contributed by atoms with Crippen molar-refractivity contribution in [3.63, 3.8) is 0 Å². The van der Waals surface area contributed by atoms with Crippen LogP contribution in [0.3, 0.4) is 0 Å². The van der Waals surface area contributed by atoms with E-state index in [1.54, 1.807) is 12.3 Å². The van der Waals surface area contributed by atoms with Crippen molar-refractivity contribution in [3.8, 4) is 11.5 Å². The van der Waals surface area contributed by atoms with E-state index < -0.39 is 0 Å². The topological polar surface area (TPSA) is 52.0 Å². The number of anilines is 1. The maximum atomic E-state index is 13.2. The Balaban J connectivity index is 1.72. The van der Waals surface area contributed by atoms with Crippen molar-refractivity contribution in [1.29, 1.82) is 0 Å². The Hall–Kier alpha value is -2.27. The smallest absolute Gasteiger partial charge is 0.226 e. The van der Waals surface area contributed by atoms with E-state index in [-0.39, 0.29) is 5.82 Å². The number of thioether (sulfide) groups is 1. The molecule has 0 saturated heterocycles. The van der Waals surface area contributed by atoms with Crippen molar-refractivity contribution in [2.24, 2.45) is 0 Å². The first-order valence-electron chi connectivity index (χ1n) is 6.40. The molecule has 0 fully saturated rings. The number of hydrogen-bond acceptors (Lipinski definition) is 4. The summed E-state index contributed by atoms with van der Waals surface area (Å²) in [6.07, 6.45) is 1.62. The maximum absolute atomic E-state index is 13.2. The van der Waals surface area contributed by atoms with Gasteiger partial charge in [0.05, 0.1) is 5.69 Å². The summed E-state index contributed by atoms with van der Waals surface area (Å²) in [6.45, 7) is 0. The molecule has 2 N–H and O–H groups in total. The molecule has 1 aromatic heterocycles. The normalized spacial score (nSPS) is 10.7. The number of rotatable bonds is 4. The van der Waals surface area contributed by atoms with Crippen LogP contribution < -0.4 is 5.73 Å². The standard InChI is InChI=1S/C16H13FN2OS/c17-12-6-7-14(18)15(8-12)21-10-13-9-20-16(19-13)11-4-2-1-3-5-11/h1-9H,10,18H2. The number of aromatic nitrogens is 1. The molecule has 3 nitrogen and oxygen atoms in total. The minimum absolute atomic E-state index is 0.295. The zero-order chi connectivity index (χ0) is 14.7. The lowest BCUT2D eigenvalue weighted by atomic mass is 10.2. The summed E-state index contributed by atoms with van der Waals surface area (Å²) in [6, 6.07) is 14.0. The lowest BCUT2D eigenvalue weighted by molar-refractivity contribution is 0.573. The van der Waals surface area contributed by atoms with E-state index >= 15 is 0 Å². The van der Waals surface area contributed by atoms with Crippen molar-refractivity contribution in [3.05, 3.63) is 66.3 Å². The molecule has 0 bridgehead atoms. The van der Waals surface area contributed by atoms with Crippen LogP contribution in [0.1, 0.15) is 5.69 Å². The molecule has 0 aliphatic rings. The number of nitrogens with two attached hydrogens (primary N) is 1. The van der Waals surface area contributed by atoms with Crippen LogP contribution >= 0.6 is 11.8 Å². The van der Waals surface area contributed by atoms with Gasteiger partial charge in [0.1, 0.15) is 12.1 Å². The van der Waals surface area contributed by atoms with E-state index in [0.29, 0.717) is 22.2 Å². The van der Waals surface area contributed by atoms with Crippen LogP contribution in [0.25, 0.3) is 11.5 Å². The summed E-state index contributed by atoms with van der Waals surface area (Å²) in [4.78, 5) is 5.13. The van der Waals surface area contributed by atoms with Gasteiger partial charge in [-0.3, -0.25) is 0 Å². The van der Waals surface area contributed by atoms with E-state index in [9.17, 15) is 4.39 Å². The van der Waals surface area contributed by atoms with Crippen molar-refractivity contribution in [2.75, 3.05) is 5.73 Å². The van der Waals surface area contributed by atoms with E-state index in [4.69, 9.17) is 10.2 Å². The molecule has 0 amide bonds. The fourth-order valence-electron chi connectivity index (χ4n) is 1.87. The Labute approximate surface area is 126 Å². The second-order valence-corrected chi connectivity index (χ2v) is 5.50. The average Bonchev–Trinajstić information content (AvgIpc) is 2.98. The Bertz CT molecular complexity index is 743. The summed E-state index contributed by atoms with van der Waals surface area (Å²) < 4.78 is 18.7. The van der Waals surface area contributed by atoms with Gasteiger partial charge in [0.15, 0.2) is 0 Å². The third-order valence-electron chi connectivity index (χ3n) is 2.92. The van der Waals surface area contributed by atoms with Gasteiger partial charge in [0.25, 0.3) is 0 Å². The van der Waals surface area contributed by atoms with Crippen LogP contribution in [-0.4, -0.2) is 4.98 Å². The summed E-state index contributed by atoms with van der Waals surface area (Å²) in [5, 5.41) is 0. The van der Waals surface area contributed by atoms with Gasteiger partial charge in [-0.25, -0.2) is 9.37 Å². The van der Waals surface area contributed by atoms with Gasteiger partial charge >= 0.3 is 0 Å². The lowest BCUT2D eigenvalue weighted by Gasteiger charge is -2.03. The highest BCUT2D eigenvalue weighted by molar-refractivity contribution is 7.98. The number of nitrogen functional groups attached to an aromatic ring is 1. The fourth-order valence-corrected chi connectivity index (χ4v) is 2.74. The monoisotopic (exact) mass is 300 g/mol. The van der Waals surface area contributed by atoms with Crippen LogP contribution in [-0.2, 0) is 5.75 Å². The molecule has 106 valence electrons. The van der Waals surface area contributed by atoms with Crippen molar-refractivity contribution >= 4 is 17.4 Å². The first-order chi connectivity index (χ1) is 10.2. The molecule has 2 aromatic carbocycles. The minimum Gasteiger partial charge on any atom is -0.444 e. The first kappa shape index (κ1) is 13.7. The third-order valence-corrected chi connectivity index (χ3v) is 4.03. The van der Waals surface area contributed by atoms with Gasteiger partial charge in [-0.2, -0.15) is 0 Å². The Morgan fingerprint density at radius 3 is 2.76 bits per heavy atom. The number of halogens is 1. The minimum atomic E-state index is -0.295. The molecule has 0 spiro atoms. The Morgan fingerprint density at radius 2 is 1.95 bits per heavy atom. The highest BCUT2D eigenvalue weighted by Gasteiger charge is 2.08.